The zero-order valence-corrected chi connectivity index (χ0v) is 34.7. The van der Waals surface area contributed by atoms with Crippen LogP contribution >= 0.6 is 24.0 Å². The zero-order chi connectivity index (χ0) is 42.4. The number of carboxylic acid groups (broad SMARTS) is 1. The molecule has 8 aromatic rings. The first-order chi connectivity index (χ1) is 30.4. The number of carbonyl (C=O) groups is 2. The third-order valence-corrected chi connectivity index (χ3v) is 11.5. The Morgan fingerprint density at radius 2 is 0.839 bits per heavy atom. The molecule has 1 aliphatic heterocycles. The molecule has 0 saturated carbocycles. The van der Waals surface area contributed by atoms with Crippen LogP contribution in [0.5, 0.6) is 0 Å². The Morgan fingerprint density at radius 3 is 1.18 bits per heavy atom. The number of nitrogens with zero attached hydrogens (tertiary/aromatic N) is 6. The van der Waals surface area contributed by atoms with E-state index in [2.05, 4.69) is 82.6 Å². The Morgan fingerprint density at radius 1 is 0.516 bits per heavy atom. The molecule has 2 heterocycles. The maximum atomic E-state index is 12.9. The molecule has 1 fully saturated rings. The number of para-hydroxylation sites is 4. The van der Waals surface area contributed by atoms with Gasteiger partial charge >= 0.3 is 5.97 Å². The van der Waals surface area contributed by atoms with Gasteiger partial charge in [-0.3, -0.25) is 14.5 Å². The fourth-order valence-electron chi connectivity index (χ4n) is 7.14. The summed E-state index contributed by atoms with van der Waals surface area (Å²) in [6, 6.07) is 64.9. The second-order valence-electron chi connectivity index (χ2n) is 14.2. The highest BCUT2D eigenvalue weighted by Crippen LogP contribution is 2.38. The molecule has 0 unspecified atom stereocenters. The van der Waals surface area contributed by atoms with Crippen molar-refractivity contribution in [2.24, 2.45) is 0 Å². The Labute approximate surface area is 368 Å². The van der Waals surface area contributed by atoms with Gasteiger partial charge < -0.3 is 14.9 Å². The maximum absolute atomic E-state index is 12.9. The van der Waals surface area contributed by atoms with Crippen molar-refractivity contribution in [3.05, 3.63) is 205 Å². The molecule has 0 atom stereocenters. The molecule has 0 spiro atoms. The lowest BCUT2D eigenvalue weighted by Crippen LogP contribution is -2.33. The van der Waals surface area contributed by atoms with Crippen LogP contribution in [-0.4, -0.2) is 47.7 Å². The monoisotopic (exact) mass is 844 g/mol. The number of amides is 1. The van der Waals surface area contributed by atoms with Gasteiger partial charge in [-0.05, 0) is 109 Å². The van der Waals surface area contributed by atoms with E-state index in [0.29, 0.717) is 22.4 Å². The average Bonchev–Trinajstić information content (AvgIpc) is 3.57. The van der Waals surface area contributed by atoms with Crippen LogP contribution in [0.4, 0.5) is 34.1 Å². The summed E-state index contributed by atoms with van der Waals surface area (Å²) in [5.41, 5.74) is 9.22. The lowest BCUT2D eigenvalue weighted by atomic mass is 10.1. The topological polar surface area (TPSA) is 103 Å². The molecular weight excluding hydrogens is 809 g/mol. The lowest BCUT2D eigenvalue weighted by molar-refractivity contribution is -0.140. The number of hydrogen-bond acceptors (Lipinski definition) is 9. The highest BCUT2D eigenvalue weighted by molar-refractivity contribution is 8.26. The summed E-state index contributed by atoms with van der Waals surface area (Å²) in [6.07, 6.45) is 1.71. The van der Waals surface area contributed by atoms with Gasteiger partial charge in [0.2, 0.25) is 0 Å². The molecule has 1 aliphatic rings. The summed E-state index contributed by atoms with van der Waals surface area (Å²) in [6.45, 7) is -0.479. The van der Waals surface area contributed by atoms with Crippen LogP contribution in [0.2, 0.25) is 0 Å². The largest absolute Gasteiger partial charge is 0.480 e. The van der Waals surface area contributed by atoms with Gasteiger partial charge in [-0.1, -0.05) is 121 Å². The number of aliphatic carboxylic acids is 1. The molecule has 1 aromatic heterocycles. The average molecular weight is 845 g/mol. The molecule has 1 saturated heterocycles. The first kappa shape index (κ1) is 39.7. The SMILES string of the molecule is O=C(O)CN1C(=O)/C(=C\c2ccc(-c3nc(-c4ccc(N(c5ccccc5)c5ccccc5)cc4)nc(-c4ccc(N(c5ccccc5)c5ccccc5)cc4)n3)cc2)SC1=S. The van der Waals surface area contributed by atoms with E-state index in [9.17, 15) is 14.7 Å². The Hall–Kier alpha value is -7.73. The van der Waals surface area contributed by atoms with Crippen molar-refractivity contribution in [1.29, 1.82) is 0 Å². The van der Waals surface area contributed by atoms with Crippen molar-refractivity contribution < 1.29 is 14.7 Å². The van der Waals surface area contributed by atoms with Crippen LogP contribution < -0.4 is 9.80 Å². The summed E-state index contributed by atoms with van der Waals surface area (Å²) in [5, 5.41) is 9.25. The third-order valence-electron chi connectivity index (χ3n) is 10.1. The van der Waals surface area contributed by atoms with Crippen molar-refractivity contribution >= 4 is 80.4 Å². The number of carboxylic acids is 1. The number of carbonyl (C=O) groups excluding carboxylic acids is 1. The fraction of sp³-hybridized carbons (Fsp3) is 0.0196. The van der Waals surface area contributed by atoms with Crippen LogP contribution in [0.25, 0.3) is 40.2 Å². The quantitative estimate of drug-likeness (QED) is 0.0944. The first-order valence-electron chi connectivity index (χ1n) is 19.7. The fourth-order valence-corrected chi connectivity index (χ4v) is 8.39. The van der Waals surface area contributed by atoms with Gasteiger partial charge in [0.25, 0.3) is 5.91 Å². The van der Waals surface area contributed by atoms with Gasteiger partial charge in [0, 0.05) is 50.8 Å². The van der Waals surface area contributed by atoms with Gasteiger partial charge in [-0.25, -0.2) is 15.0 Å². The number of thioether (sulfide) groups is 1. The molecule has 9 nitrogen and oxygen atoms in total. The van der Waals surface area contributed by atoms with Crippen LogP contribution in [-0.2, 0) is 9.59 Å². The molecule has 0 radical (unpaired) electrons. The van der Waals surface area contributed by atoms with E-state index in [1.807, 2.05) is 121 Å². The smallest absolute Gasteiger partial charge is 0.323 e. The first-order valence-corrected chi connectivity index (χ1v) is 21.0. The molecule has 1 N–H and O–H groups in total. The minimum absolute atomic E-state index is 0.215. The van der Waals surface area contributed by atoms with Crippen LogP contribution in [0.1, 0.15) is 5.56 Å². The molecule has 1 amide bonds. The molecule has 9 rings (SSSR count). The highest BCUT2D eigenvalue weighted by atomic mass is 32.2. The van der Waals surface area contributed by atoms with Crippen molar-refractivity contribution in [2.45, 2.75) is 0 Å². The Balaban J connectivity index is 1.09. The van der Waals surface area contributed by atoms with Gasteiger partial charge in [0.05, 0.1) is 4.91 Å². The normalized spacial score (nSPS) is 13.0. The van der Waals surface area contributed by atoms with E-state index in [1.54, 1.807) is 6.08 Å². The molecule has 62 heavy (non-hydrogen) atoms. The molecule has 0 aliphatic carbocycles. The minimum atomic E-state index is -1.13. The van der Waals surface area contributed by atoms with Crippen molar-refractivity contribution in [3.63, 3.8) is 0 Å². The minimum Gasteiger partial charge on any atom is -0.480 e. The van der Waals surface area contributed by atoms with E-state index in [0.717, 1.165) is 73.0 Å². The van der Waals surface area contributed by atoms with Crippen LogP contribution in [0.15, 0.2) is 199 Å². The number of thiocarbonyl (C=S) groups is 1. The third kappa shape index (κ3) is 8.62. The maximum Gasteiger partial charge on any atom is 0.323 e. The predicted molar refractivity (Wildman–Crippen MR) is 253 cm³/mol. The van der Waals surface area contributed by atoms with E-state index >= 15 is 0 Å². The standard InChI is InChI=1S/C51H36N6O3S2/c58-46(59)34-55-50(60)45(62-51(55)61)33-35-21-23-36(24-22-35)47-52-48(37-25-29-43(30-26-37)56(39-13-5-1-6-14-39)40-15-7-2-8-16-40)54-49(53-47)38-27-31-44(32-28-38)57(41-17-9-3-10-18-41)42-19-11-4-12-20-42/h1-33H,34H2,(H,58,59)/b45-33+. The van der Waals surface area contributed by atoms with Gasteiger partial charge in [-0.2, -0.15) is 0 Å². The van der Waals surface area contributed by atoms with Gasteiger partial charge in [0.1, 0.15) is 10.9 Å². The molecule has 7 aromatic carbocycles. The molecular formula is C51H36N6O3S2. The van der Waals surface area contributed by atoms with Crippen molar-refractivity contribution in [1.82, 2.24) is 19.9 Å². The van der Waals surface area contributed by atoms with Crippen LogP contribution in [0.3, 0.4) is 0 Å². The predicted octanol–water partition coefficient (Wildman–Crippen LogP) is 12.1. The summed E-state index contributed by atoms with van der Waals surface area (Å²) in [7, 11) is 0. The van der Waals surface area contributed by atoms with Gasteiger partial charge in [-0.15, -0.1) is 0 Å². The molecule has 11 heteroatoms. The summed E-state index contributed by atoms with van der Waals surface area (Å²) < 4.78 is 0.215. The summed E-state index contributed by atoms with van der Waals surface area (Å²) in [4.78, 5) is 45.2. The van der Waals surface area contributed by atoms with Crippen LogP contribution in [0, 0.1) is 0 Å². The number of benzene rings is 7. The summed E-state index contributed by atoms with van der Waals surface area (Å²) >= 11 is 6.37. The van der Waals surface area contributed by atoms with Crippen molar-refractivity contribution in [2.75, 3.05) is 16.3 Å². The zero-order valence-electron chi connectivity index (χ0n) is 33.0. The Bertz CT molecular complexity index is 2680. The summed E-state index contributed by atoms with van der Waals surface area (Å²) in [5.74, 6) is -0.0667. The number of hydrogen-bond donors (Lipinski definition) is 1. The number of anilines is 6. The lowest BCUT2D eigenvalue weighted by Gasteiger charge is -2.25. The molecule has 300 valence electrons. The number of rotatable bonds is 12. The van der Waals surface area contributed by atoms with Gasteiger partial charge in [0.15, 0.2) is 17.5 Å². The highest BCUT2D eigenvalue weighted by Gasteiger charge is 2.33. The second kappa shape index (κ2) is 17.9. The van der Waals surface area contributed by atoms with E-state index in [4.69, 9.17) is 27.2 Å². The van der Waals surface area contributed by atoms with E-state index in [1.165, 1.54) is 0 Å². The molecule has 0 bridgehead atoms. The second-order valence-corrected chi connectivity index (χ2v) is 15.9. The van der Waals surface area contributed by atoms with E-state index in [-0.39, 0.29) is 4.32 Å². The Kier molecular flexibility index (Phi) is 11.4. The number of aromatic nitrogens is 3. The van der Waals surface area contributed by atoms with Crippen molar-refractivity contribution in [3.8, 4) is 34.2 Å². The van der Waals surface area contributed by atoms with E-state index < -0.39 is 18.4 Å².